The Hall–Kier alpha value is -3.15. The van der Waals surface area contributed by atoms with Gasteiger partial charge in [-0.1, -0.05) is 18.2 Å². The molecule has 6 nitrogen and oxygen atoms in total. The SMILES string of the molecule is COc1ccccc1/C=C/c1nc2ccc([N+](=O)[O-])cc2[nH]1. The molecular weight excluding hydrogens is 282 g/mol. The third-order valence-corrected chi connectivity index (χ3v) is 3.25. The number of H-pyrrole nitrogens is 1. The Balaban J connectivity index is 1.93. The van der Waals surface area contributed by atoms with E-state index in [1.165, 1.54) is 12.1 Å². The van der Waals surface area contributed by atoms with E-state index < -0.39 is 4.92 Å². The summed E-state index contributed by atoms with van der Waals surface area (Å²) < 4.78 is 5.28. The molecule has 0 atom stereocenters. The second kappa shape index (κ2) is 5.69. The van der Waals surface area contributed by atoms with Crippen LogP contribution in [0.25, 0.3) is 23.2 Å². The van der Waals surface area contributed by atoms with Crippen LogP contribution in [0.2, 0.25) is 0 Å². The summed E-state index contributed by atoms with van der Waals surface area (Å²) in [5.41, 5.74) is 2.28. The monoisotopic (exact) mass is 295 g/mol. The van der Waals surface area contributed by atoms with Crippen molar-refractivity contribution < 1.29 is 9.66 Å². The van der Waals surface area contributed by atoms with Gasteiger partial charge in [-0.2, -0.15) is 0 Å². The Labute approximate surface area is 126 Å². The Kier molecular flexibility index (Phi) is 3.57. The minimum atomic E-state index is -0.426. The molecule has 22 heavy (non-hydrogen) atoms. The number of non-ortho nitro benzene ring substituents is 1. The summed E-state index contributed by atoms with van der Waals surface area (Å²) >= 11 is 0. The maximum atomic E-state index is 10.8. The molecule has 3 rings (SSSR count). The van der Waals surface area contributed by atoms with Crippen LogP contribution in [-0.4, -0.2) is 22.0 Å². The smallest absolute Gasteiger partial charge is 0.271 e. The summed E-state index contributed by atoms with van der Waals surface area (Å²) in [6.45, 7) is 0. The first kappa shape index (κ1) is 13.8. The maximum Gasteiger partial charge on any atom is 0.271 e. The molecule has 0 amide bonds. The molecule has 2 aromatic carbocycles. The Morgan fingerprint density at radius 3 is 2.82 bits per heavy atom. The Morgan fingerprint density at radius 2 is 2.05 bits per heavy atom. The lowest BCUT2D eigenvalue weighted by atomic mass is 10.2. The normalized spacial score (nSPS) is 11.1. The van der Waals surface area contributed by atoms with E-state index in [0.717, 1.165) is 11.3 Å². The Bertz CT molecular complexity index is 868. The maximum absolute atomic E-state index is 10.8. The third-order valence-electron chi connectivity index (χ3n) is 3.25. The zero-order valence-corrected chi connectivity index (χ0v) is 11.8. The highest BCUT2D eigenvalue weighted by molar-refractivity contribution is 5.81. The van der Waals surface area contributed by atoms with Crippen LogP contribution in [0.4, 0.5) is 5.69 Å². The summed E-state index contributed by atoms with van der Waals surface area (Å²) in [7, 11) is 1.62. The molecule has 1 N–H and O–H groups in total. The van der Waals surface area contributed by atoms with Crippen LogP contribution in [0.3, 0.4) is 0 Å². The standard InChI is InChI=1S/C16H13N3O3/c1-22-15-5-3-2-4-11(15)6-9-16-17-13-8-7-12(19(20)21)10-14(13)18-16/h2-10H,1H3,(H,17,18)/b9-6+. The fourth-order valence-electron chi connectivity index (χ4n) is 2.18. The van der Waals surface area contributed by atoms with Crippen molar-refractivity contribution in [3.8, 4) is 5.75 Å². The highest BCUT2D eigenvalue weighted by Gasteiger charge is 2.08. The van der Waals surface area contributed by atoms with Gasteiger partial charge in [0.25, 0.3) is 5.69 Å². The second-order valence-electron chi connectivity index (χ2n) is 4.66. The molecule has 0 bridgehead atoms. The van der Waals surface area contributed by atoms with Gasteiger partial charge in [0.05, 0.1) is 23.1 Å². The number of rotatable bonds is 4. The average Bonchev–Trinajstić information content (AvgIpc) is 2.95. The minimum Gasteiger partial charge on any atom is -0.496 e. The van der Waals surface area contributed by atoms with E-state index in [1.807, 2.05) is 36.4 Å². The molecule has 0 aliphatic carbocycles. The van der Waals surface area contributed by atoms with Crippen LogP contribution in [-0.2, 0) is 0 Å². The summed E-state index contributed by atoms with van der Waals surface area (Å²) in [5.74, 6) is 1.40. The number of nitro groups is 1. The summed E-state index contributed by atoms with van der Waals surface area (Å²) in [6, 6.07) is 12.2. The molecule has 0 spiro atoms. The van der Waals surface area contributed by atoms with Gasteiger partial charge in [-0.05, 0) is 24.3 Å². The number of methoxy groups -OCH3 is 1. The van der Waals surface area contributed by atoms with Crippen LogP contribution in [0.15, 0.2) is 42.5 Å². The van der Waals surface area contributed by atoms with Gasteiger partial charge in [-0.25, -0.2) is 4.98 Å². The fraction of sp³-hybridized carbons (Fsp3) is 0.0625. The molecular formula is C16H13N3O3. The molecule has 110 valence electrons. The van der Waals surface area contributed by atoms with Gasteiger partial charge in [0.15, 0.2) is 0 Å². The molecule has 6 heteroatoms. The molecule has 0 fully saturated rings. The van der Waals surface area contributed by atoms with E-state index in [9.17, 15) is 10.1 Å². The average molecular weight is 295 g/mol. The van der Waals surface area contributed by atoms with Crippen molar-refractivity contribution in [3.63, 3.8) is 0 Å². The van der Waals surface area contributed by atoms with E-state index in [4.69, 9.17) is 4.74 Å². The quantitative estimate of drug-likeness (QED) is 0.588. The number of hydrogen-bond acceptors (Lipinski definition) is 4. The van der Waals surface area contributed by atoms with Crippen LogP contribution in [0.1, 0.15) is 11.4 Å². The van der Waals surface area contributed by atoms with Crippen LogP contribution in [0, 0.1) is 10.1 Å². The van der Waals surface area contributed by atoms with Crippen molar-refractivity contribution in [2.45, 2.75) is 0 Å². The summed E-state index contributed by atoms with van der Waals surface area (Å²) in [6.07, 6.45) is 3.69. The lowest BCUT2D eigenvalue weighted by Crippen LogP contribution is -1.86. The number of nitro benzene ring substituents is 1. The Morgan fingerprint density at radius 1 is 1.23 bits per heavy atom. The number of imidazole rings is 1. The van der Waals surface area contributed by atoms with Crippen molar-refractivity contribution >= 4 is 28.9 Å². The van der Waals surface area contributed by atoms with Crippen molar-refractivity contribution in [3.05, 3.63) is 64.0 Å². The van der Waals surface area contributed by atoms with Crippen LogP contribution < -0.4 is 4.74 Å². The number of aromatic amines is 1. The predicted octanol–water partition coefficient (Wildman–Crippen LogP) is 3.65. The third kappa shape index (κ3) is 2.67. The van der Waals surface area contributed by atoms with E-state index in [0.29, 0.717) is 16.9 Å². The number of hydrogen-bond donors (Lipinski definition) is 1. The number of nitrogens with one attached hydrogen (secondary N) is 1. The van der Waals surface area contributed by atoms with E-state index in [-0.39, 0.29) is 5.69 Å². The number of ether oxygens (including phenoxy) is 1. The van der Waals surface area contributed by atoms with Gasteiger partial charge < -0.3 is 9.72 Å². The van der Waals surface area contributed by atoms with E-state index >= 15 is 0 Å². The van der Waals surface area contributed by atoms with Gasteiger partial charge in [0.1, 0.15) is 11.6 Å². The highest BCUT2D eigenvalue weighted by Crippen LogP contribution is 2.22. The molecule has 0 saturated carbocycles. The predicted molar refractivity (Wildman–Crippen MR) is 84.7 cm³/mol. The highest BCUT2D eigenvalue weighted by atomic mass is 16.6. The topological polar surface area (TPSA) is 81.1 Å². The van der Waals surface area contributed by atoms with Crippen LogP contribution >= 0.6 is 0 Å². The molecule has 0 saturated heterocycles. The number of para-hydroxylation sites is 1. The van der Waals surface area contributed by atoms with Crippen molar-refractivity contribution in [1.29, 1.82) is 0 Å². The summed E-state index contributed by atoms with van der Waals surface area (Å²) in [5, 5.41) is 10.8. The zero-order valence-electron chi connectivity index (χ0n) is 11.8. The molecule has 0 aliphatic rings. The van der Waals surface area contributed by atoms with Gasteiger partial charge >= 0.3 is 0 Å². The lowest BCUT2D eigenvalue weighted by Gasteiger charge is -2.02. The van der Waals surface area contributed by atoms with Crippen molar-refractivity contribution in [2.75, 3.05) is 7.11 Å². The van der Waals surface area contributed by atoms with Gasteiger partial charge in [0.2, 0.25) is 0 Å². The first-order chi connectivity index (χ1) is 10.7. The first-order valence-corrected chi connectivity index (χ1v) is 6.62. The molecule has 3 aromatic rings. The molecule has 0 unspecified atom stereocenters. The molecule has 1 heterocycles. The number of aromatic nitrogens is 2. The number of benzene rings is 2. The first-order valence-electron chi connectivity index (χ1n) is 6.62. The van der Waals surface area contributed by atoms with Gasteiger partial charge in [0, 0.05) is 17.7 Å². The number of fused-ring (bicyclic) bond motifs is 1. The summed E-state index contributed by atoms with van der Waals surface area (Å²) in [4.78, 5) is 17.8. The fourth-order valence-corrected chi connectivity index (χ4v) is 2.18. The second-order valence-corrected chi connectivity index (χ2v) is 4.66. The number of nitrogens with zero attached hydrogens (tertiary/aromatic N) is 2. The largest absolute Gasteiger partial charge is 0.496 e. The van der Waals surface area contributed by atoms with E-state index in [2.05, 4.69) is 9.97 Å². The van der Waals surface area contributed by atoms with Crippen molar-refractivity contribution in [2.24, 2.45) is 0 Å². The molecule has 0 radical (unpaired) electrons. The van der Waals surface area contributed by atoms with E-state index in [1.54, 1.807) is 13.2 Å². The lowest BCUT2D eigenvalue weighted by molar-refractivity contribution is -0.384. The minimum absolute atomic E-state index is 0.0383. The van der Waals surface area contributed by atoms with Gasteiger partial charge in [-0.15, -0.1) is 0 Å². The molecule has 1 aromatic heterocycles. The zero-order chi connectivity index (χ0) is 15.5. The van der Waals surface area contributed by atoms with Crippen molar-refractivity contribution in [1.82, 2.24) is 9.97 Å². The van der Waals surface area contributed by atoms with Gasteiger partial charge in [-0.3, -0.25) is 10.1 Å². The molecule has 0 aliphatic heterocycles. The van der Waals surface area contributed by atoms with Crippen LogP contribution in [0.5, 0.6) is 5.75 Å².